The molecule has 4 rings (SSSR count). The molecule has 1 heterocycles. The summed E-state index contributed by atoms with van der Waals surface area (Å²) in [5.74, 6) is 0.810. The van der Waals surface area contributed by atoms with Crippen LogP contribution in [-0.4, -0.2) is 36.0 Å². The lowest BCUT2D eigenvalue weighted by atomic mass is 9.90. The molecule has 168 valence electrons. The van der Waals surface area contributed by atoms with Crippen LogP contribution >= 0.6 is 23.2 Å². The Balaban J connectivity index is 1.31. The van der Waals surface area contributed by atoms with Crippen molar-refractivity contribution in [1.82, 2.24) is 9.80 Å². The minimum absolute atomic E-state index is 0.614. The van der Waals surface area contributed by atoms with E-state index in [9.17, 15) is 0 Å². The van der Waals surface area contributed by atoms with Gasteiger partial charge < -0.3 is 4.90 Å². The van der Waals surface area contributed by atoms with Gasteiger partial charge in [-0.25, -0.2) is 0 Å². The van der Waals surface area contributed by atoms with Crippen LogP contribution < -0.4 is 0 Å². The van der Waals surface area contributed by atoms with Gasteiger partial charge in [0.25, 0.3) is 0 Å². The summed E-state index contributed by atoms with van der Waals surface area (Å²) in [6, 6.07) is 27.6. The third-order valence-electron chi connectivity index (χ3n) is 6.45. The number of rotatable bonds is 9. The Morgan fingerprint density at radius 1 is 0.719 bits per heavy atom. The van der Waals surface area contributed by atoms with Gasteiger partial charge in [0.2, 0.25) is 0 Å². The van der Waals surface area contributed by atoms with Gasteiger partial charge in [0, 0.05) is 26.2 Å². The molecular weight excluding hydrogens is 435 g/mol. The van der Waals surface area contributed by atoms with E-state index in [0.717, 1.165) is 32.1 Å². The molecule has 0 saturated carbocycles. The van der Waals surface area contributed by atoms with E-state index >= 15 is 0 Å². The third-order valence-corrected chi connectivity index (χ3v) is 7.19. The number of benzene rings is 3. The standard InChI is InChI=1S/C28H32Cl2N2/c29-27-12-11-26(20-28(27)30)22-32(21-25-9-5-2-6-10-25)18-17-31-15-13-24(14-16-31)19-23-7-3-1-4-8-23/h1-12,20,24H,13-19,21-22H2. The molecule has 0 aliphatic carbocycles. The number of hydrogen-bond donors (Lipinski definition) is 0. The van der Waals surface area contributed by atoms with Crippen LogP contribution in [0.15, 0.2) is 78.9 Å². The van der Waals surface area contributed by atoms with Crippen LogP contribution in [0.25, 0.3) is 0 Å². The van der Waals surface area contributed by atoms with E-state index in [1.165, 1.54) is 49.0 Å². The van der Waals surface area contributed by atoms with Crippen molar-refractivity contribution in [3.05, 3.63) is 106 Å². The quantitative estimate of drug-likeness (QED) is 0.336. The Kier molecular flexibility index (Phi) is 8.64. The van der Waals surface area contributed by atoms with E-state index in [4.69, 9.17) is 23.2 Å². The minimum Gasteiger partial charge on any atom is -0.302 e. The van der Waals surface area contributed by atoms with Crippen LogP contribution in [0.2, 0.25) is 10.0 Å². The maximum Gasteiger partial charge on any atom is 0.0595 e. The molecule has 32 heavy (non-hydrogen) atoms. The first-order valence-corrected chi connectivity index (χ1v) is 12.4. The zero-order chi connectivity index (χ0) is 22.2. The van der Waals surface area contributed by atoms with E-state index < -0.39 is 0 Å². The van der Waals surface area contributed by atoms with Gasteiger partial charge >= 0.3 is 0 Å². The highest BCUT2D eigenvalue weighted by Crippen LogP contribution is 2.24. The second-order valence-electron chi connectivity index (χ2n) is 8.92. The summed E-state index contributed by atoms with van der Waals surface area (Å²) in [5, 5.41) is 1.24. The summed E-state index contributed by atoms with van der Waals surface area (Å²) >= 11 is 12.4. The van der Waals surface area contributed by atoms with Gasteiger partial charge in [0.05, 0.1) is 10.0 Å². The lowest BCUT2D eigenvalue weighted by molar-refractivity contribution is 0.150. The smallest absolute Gasteiger partial charge is 0.0595 e. The van der Waals surface area contributed by atoms with E-state index in [2.05, 4.69) is 76.5 Å². The maximum atomic E-state index is 6.27. The minimum atomic E-state index is 0.614. The molecule has 3 aromatic rings. The molecule has 1 aliphatic heterocycles. The average Bonchev–Trinajstić information content (AvgIpc) is 2.82. The van der Waals surface area contributed by atoms with Crippen LogP contribution in [0.3, 0.4) is 0 Å². The second kappa shape index (κ2) is 11.9. The lowest BCUT2D eigenvalue weighted by Crippen LogP contribution is -2.39. The fourth-order valence-electron chi connectivity index (χ4n) is 4.60. The van der Waals surface area contributed by atoms with Crippen molar-refractivity contribution in [3.8, 4) is 0 Å². The van der Waals surface area contributed by atoms with Gasteiger partial charge in [-0.15, -0.1) is 0 Å². The Morgan fingerprint density at radius 3 is 2.00 bits per heavy atom. The van der Waals surface area contributed by atoms with Gasteiger partial charge in [-0.1, -0.05) is 89.9 Å². The summed E-state index contributed by atoms with van der Waals surface area (Å²) in [6.45, 7) is 6.35. The first-order chi connectivity index (χ1) is 15.7. The molecule has 0 bridgehead atoms. The molecule has 0 N–H and O–H groups in total. The van der Waals surface area contributed by atoms with Crippen molar-refractivity contribution in [3.63, 3.8) is 0 Å². The van der Waals surface area contributed by atoms with Crippen molar-refractivity contribution >= 4 is 23.2 Å². The fraction of sp³-hybridized carbons (Fsp3) is 0.357. The Bertz CT molecular complexity index is 954. The maximum absolute atomic E-state index is 6.27. The van der Waals surface area contributed by atoms with E-state index in [-0.39, 0.29) is 0 Å². The van der Waals surface area contributed by atoms with E-state index in [1.54, 1.807) is 0 Å². The number of nitrogens with zero attached hydrogens (tertiary/aromatic N) is 2. The molecule has 1 aliphatic rings. The van der Waals surface area contributed by atoms with Gasteiger partial charge in [0.1, 0.15) is 0 Å². The summed E-state index contributed by atoms with van der Waals surface area (Å²) in [6.07, 6.45) is 3.80. The predicted octanol–water partition coefficient (Wildman–Crippen LogP) is 6.95. The number of piperidine rings is 1. The topological polar surface area (TPSA) is 6.48 Å². The van der Waals surface area contributed by atoms with Gasteiger partial charge in [-0.05, 0) is 67.1 Å². The molecule has 2 nitrogen and oxygen atoms in total. The molecule has 0 atom stereocenters. The van der Waals surface area contributed by atoms with E-state index in [1.807, 2.05) is 12.1 Å². The highest BCUT2D eigenvalue weighted by atomic mass is 35.5. The van der Waals surface area contributed by atoms with Gasteiger partial charge in [-0.3, -0.25) is 4.90 Å². The van der Waals surface area contributed by atoms with Crippen molar-refractivity contribution < 1.29 is 0 Å². The van der Waals surface area contributed by atoms with Crippen molar-refractivity contribution in [2.75, 3.05) is 26.2 Å². The molecule has 3 aromatic carbocycles. The Hall–Kier alpha value is -1.84. The summed E-state index contributed by atoms with van der Waals surface area (Å²) in [7, 11) is 0. The normalized spacial score (nSPS) is 15.3. The molecule has 4 heteroatoms. The van der Waals surface area contributed by atoms with Crippen LogP contribution in [0.1, 0.15) is 29.5 Å². The average molecular weight is 467 g/mol. The number of hydrogen-bond acceptors (Lipinski definition) is 2. The number of likely N-dealkylation sites (tertiary alicyclic amines) is 1. The van der Waals surface area contributed by atoms with Gasteiger partial charge in [0.15, 0.2) is 0 Å². The predicted molar refractivity (Wildman–Crippen MR) is 136 cm³/mol. The Morgan fingerprint density at radius 2 is 1.34 bits per heavy atom. The van der Waals surface area contributed by atoms with Crippen molar-refractivity contribution in [1.29, 1.82) is 0 Å². The van der Waals surface area contributed by atoms with E-state index in [0.29, 0.717) is 10.0 Å². The Labute approximate surface area is 202 Å². The first kappa shape index (κ1) is 23.3. The lowest BCUT2D eigenvalue weighted by Gasteiger charge is -2.34. The molecule has 1 fully saturated rings. The third kappa shape index (κ3) is 7.08. The monoisotopic (exact) mass is 466 g/mol. The number of halogens is 2. The molecule has 1 saturated heterocycles. The largest absolute Gasteiger partial charge is 0.302 e. The zero-order valence-corrected chi connectivity index (χ0v) is 20.1. The van der Waals surface area contributed by atoms with Crippen LogP contribution in [0.4, 0.5) is 0 Å². The van der Waals surface area contributed by atoms with Crippen LogP contribution in [0, 0.1) is 5.92 Å². The van der Waals surface area contributed by atoms with Crippen LogP contribution in [0.5, 0.6) is 0 Å². The highest BCUT2D eigenvalue weighted by molar-refractivity contribution is 6.42. The summed E-state index contributed by atoms with van der Waals surface area (Å²) in [4.78, 5) is 5.15. The molecule has 0 spiro atoms. The van der Waals surface area contributed by atoms with Crippen LogP contribution in [-0.2, 0) is 19.5 Å². The molecule has 0 unspecified atom stereocenters. The van der Waals surface area contributed by atoms with Gasteiger partial charge in [-0.2, -0.15) is 0 Å². The SMILES string of the molecule is Clc1ccc(CN(CCN2CCC(Cc3ccccc3)CC2)Cc2ccccc2)cc1Cl. The molecule has 0 radical (unpaired) electrons. The molecule has 0 aromatic heterocycles. The first-order valence-electron chi connectivity index (χ1n) is 11.6. The molecule has 0 amide bonds. The summed E-state index contributed by atoms with van der Waals surface area (Å²) < 4.78 is 0. The second-order valence-corrected chi connectivity index (χ2v) is 9.73. The highest BCUT2D eigenvalue weighted by Gasteiger charge is 2.20. The van der Waals surface area contributed by atoms with Crippen molar-refractivity contribution in [2.45, 2.75) is 32.4 Å². The molecular formula is C28H32Cl2N2. The zero-order valence-electron chi connectivity index (χ0n) is 18.6. The fourth-order valence-corrected chi connectivity index (χ4v) is 4.92. The summed E-state index contributed by atoms with van der Waals surface area (Å²) in [5.41, 5.74) is 4.02. The van der Waals surface area contributed by atoms with Crippen molar-refractivity contribution in [2.24, 2.45) is 5.92 Å².